The molecule has 7 nitrogen and oxygen atoms in total. The molecule has 0 bridgehead atoms. The number of rotatable bonds is 5. The molecule has 3 aromatic rings. The van der Waals surface area contributed by atoms with E-state index in [1.165, 1.54) is 0 Å². The van der Waals surface area contributed by atoms with Crippen LogP contribution in [-0.2, 0) is 19.4 Å². The number of aromatic nitrogens is 3. The quantitative estimate of drug-likeness (QED) is 0.628. The van der Waals surface area contributed by atoms with E-state index in [0.717, 1.165) is 29.1 Å². The number of pyridine rings is 1. The molecular formula is C21H21ClN6O. The molecule has 0 saturated carbocycles. The minimum Gasteiger partial charge on any atom is -0.369 e. The highest BCUT2D eigenvalue weighted by atomic mass is 35.5. The van der Waals surface area contributed by atoms with Gasteiger partial charge in [0.2, 0.25) is 5.28 Å². The monoisotopic (exact) mass is 408 g/mol. The molecule has 0 saturated heterocycles. The van der Waals surface area contributed by atoms with Gasteiger partial charge in [0.15, 0.2) is 0 Å². The summed E-state index contributed by atoms with van der Waals surface area (Å²) in [5, 5.41) is 6.48. The highest BCUT2D eigenvalue weighted by Gasteiger charge is 2.25. The van der Waals surface area contributed by atoms with Gasteiger partial charge in [-0.1, -0.05) is 24.3 Å². The zero-order valence-corrected chi connectivity index (χ0v) is 16.6. The number of carbonyl (C=O) groups is 1. The van der Waals surface area contributed by atoms with Gasteiger partial charge in [-0.2, -0.15) is 0 Å². The van der Waals surface area contributed by atoms with Crippen LogP contribution in [0.3, 0.4) is 0 Å². The van der Waals surface area contributed by atoms with Gasteiger partial charge in [-0.25, -0.2) is 14.8 Å². The van der Waals surface area contributed by atoms with E-state index >= 15 is 0 Å². The molecule has 1 aliphatic heterocycles. The Labute approximate surface area is 174 Å². The first-order valence-corrected chi connectivity index (χ1v) is 9.87. The zero-order valence-electron chi connectivity index (χ0n) is 15.8. The molecule has 2 aromatic heterocycles. The smallest absolute Gasteiger partial charge is 0.322 e. The second kappa shape index (κ2) is 8.87. The minimum atomic E-state index is -0.142. The van der Waals surface area contributed by atoms with Gasteiger partial charge in [-0.05, 0) is 35.9 Å². The fraction of sp³-hybridized carbons (Fsp3) is 0.238. The van der Waals surface area contributed by atoms with Gasteiger partial charge in [0.1, 0.15) is 5.82 Å². The van der Waals surface area contributed by atoms with Crippen molar-refractivity contribution in [2.24, 2.45) is 0 Å². The molecular weight excluding hydrogens is 388 g/mol. The summed E-state index contributed by atoms with van der Waals surface area (Å²) in [6.07, 6.45) is 3.17. The predicted molar refractivity (Wildman–Crippen MR) is 113 cm³/mol. The van der Waals surface area contributed by atoms with Crippen LogP contribution >= 0.6 is 11.6 Å². The Hall–Kier alpha value is -3.19. The average Bonchev–Trinajstić information content (AvgIpc) is 2.75. The molecule has 29 heavy (non-hydrogen) atoms. The summed E-state index contributed by atoms with van der Waals surface area (Å²) in [5.41, 5.74) is 3.56. The van der Waals surface area contributed by atoms with Crippen LogP contribution in [0.4, 0.5) is 16.3 Å². The second-order valence-corrected chi connectivity index (χ2v) is 7.07. The van der Waals surface area contributed by atoms with Gasteiger partial charge in [-0.15, -0.1) is 0 Å². The van der Waals surface area contributed by atoms with Crippen molar-refractivity contribution in [2.45, 2.75) is 19.4 Å². The van der Waals surface area contributed by atoms with Crippen LogP contribution in [0, 0.1) is 0 Å². The number of hydrogen-bond acceptors (Lipinski definition) is 5. The normalized spacial score (nSPS) is 12.9. The highest BCUT2D eigenvalue weighted by molar-refractivity contribution is 6.28. The summed E-state index contributed by atoms with van der Waals surface area (Å²) >= 11 is 6.12. The van der Waals surface area contributed by atoms with Crippen LogP contribution < -0.4 is 10.6 Å². The summed E-state index contributed by atoms with van der Waals surface area (Å²) < 4.78 is 0. The molecule has 148 valence electrons. The van der Waals surface area contributed by atoms with E-state index < -0.39 is 0 Å². The van der Waals surface area contributed by atoms with Gasteiger partial charge in [0.25, 0.3) is 0 Å². The number of benzene rings is 1. The fourth-order valence-corrected chi connectivity index (χ4v) is 3.47. The van der Waals surface area contributed by atoms with E-state index in [-0.39, 0.29) is 11.3 Å². The molecule has 0 radical (unpaired) electrons. The molecule has 1 aliphatic rings. The minimum absolute atomic E-state index is 0.142. The number of fused-ring (bicyclic) bond motifs is 1. The SMILES string of the molecule is O=C(Nc1ccccc1)N1CCc2nc(Cl)nc(NCCc3ccccn3)c2C1. The molecule has 0 fully saturated rings. The van der Waals surface area contributed by atoms with E-state index in [1.54, 1.807) is 11.1 Å². The van der Waals surface area contributed by atoms with Crippen molar-refractivity contribution in [3.8, 4) is 0 Å². The van der Waals surface area contributed by atoms with E-state index in [2.05, 4.69) is 25.6 Å². The van der Waals surface area contributed by atoms with Crippen molar-refractivity contribution in [3.05, 3.63) is 77.0 Å². The molecule has 8 heteroatoms. The Kier molecular flexibility index (Phi) is 5.86. The first kappa shape index (κ1) is 19.1. The molecule has 0 atom stereocenters. The number of amides is 2. The third-order valence-electron chi connectivity index (χ3n) is 4.74. The van der Waals surface area contributed by atoms with Crippen molar-refractivity contribution in [2.75, 3.05) is 23.7 Å². The number of para-hydroxylation sites is 1. The molecule has 0 spiro atoms. The van der Waals surface area contributed by atoms with Crippen molar-refractivity contribution >= 4 is 29.1 Å². The maximum atomic E-state index is 12.7. The number of nitrogens with one attached hydrogen (secondary N) is 2. The van der Waals surface area contributed by atoms with E-state index in [4.69, 9.17) is 11.6 Å². The first-order valence-electron chi connectivity index (χ1n) is 9.49. The maximum Gasteiger partial charge on any atom is 0.322 e. The highest BCUT2D eigenvalue weighted by Crippen LogP contribution is 2.26. The molecule has 4 rings (SSSR count). The van der Waals surface area contributed by atoms with Crippen LogP contribution in [-0.4, -0.2) is 39.0 Å². The zero-order chi connectivity index (χ0) is 20.1. The van der Waals surface area contributed by atoms with E-state index in [1.807, 2.05) is 48.5 Å². The van der Waals surface area contributed by atoms with E-state index in [0.29, 0.717) is 31.9 Å². The Bertz CT molecular complexity index is 983. The maximum absolute atomic E-state index is 12.7. The summed E-state index contributed by atoms with van der Waals surface area (Å²) in [4.78, 5) is 27.5. The molecule has 3 heterocycles. The lowest BCUT2D eigenvalue weighted by molar-refractivity contribution is 0.206. The standard InChI is InChI=1S/C21H21ClN6O/c22-20-26-18-10-13-28(21(29)25-16-7-2-1-3-8-16)14-17(18)19(27-20)24-12-9-15-6-4-5-11-23-15/h1-8,11H,9-10,12-14H2,(H,25,29)(H,24,26,27). The Balaban J connectivity index is 1.45. The number of hydrogen-bond donors (Lipinski definition) is 2. The van der Waals surface area contributed by atoms with Crippen LogP contribution in [0.1, 0.15) is 17.0 Å². The van der Waals surface area contributed by atoms with Gasteiger partial charge in [-0.3, -0.25) is 4.98 Å². The predicted octanol–water partition coefficient (Wildman–Crippen LogP) is 3.77. The third-order valence-corrected chi connectivity index (χ3v) is 4.91. The lowest BCUT2D eigenvalue weighted by Crippen LogP contribution is -2.39. The molecule has 2 N–H and O–H groups in total. The number of nitrogens with zero attached hydrogens (tertiary/aromatic N) is 4. The summed E-state index contributed by atoms with van der Waals surface area (Å²) in [7, 11) is 0. The summed E-state index contributed by atoms with van der Waals surface area (Å²) in [6, 6.07) is 15.1. The number of halogens is 1. The molecule has 1 aromatic carbocycles. The summed E-state index contributed by atoms with van der Waals surface area (Å²) in [6.45, 7) is 1.66. The van der Waals surface area contributed by atoms with Crippen molar-refractivity contribution in [1.29, 1.82) is 0 Å². The van der Waals surface area contributed by atoms with Gasteiger partial charge < -0.3 is 15.5 Å². The third kappa shape index (κ3) is 4.81. The van der Waals surface area contributed by atoms with Gasteiger partial charge in [0.05, 0.1) is 12.2 Å². The first-order chi connectivity index (χ1) is 14.2. The van der Waals surface area contributed by atoms with Crippen LogP contribution in [0.15, 0.2) is 54.7 Å². The summed E-state index contributed by atoms with van der Waals surface area (Å²) in [5.74, 6) is 0.674. The Morgan fingerprint density at radius 1 is 1.10 bits per heavy atom. The molecule has 0 unspecified atom stereocenters. The number of urea groups is 1. The Morgan fingerprint density at radius 2 is 1.93 bits per heavy atom. The lowest BCUT2D eigenvalue weighted by atomic mass is 10.1. The van der Waals surface area contributed by atoms with Crippen molar-refractivity contribution in [3.63, 3.8) is 0 Å². The van der Waals surface area contributed by atoms with Crippen LogP contribution in [0.2, 0.25) is 5.28 Å². The lowest BCUT2D eigenvalue weighted by Gasteiger charge is -2.29. The fourth-order valence-electron chi connectivity index (χ4n) is 3.28. The largest absolute Gasteiger partial charge is 0.369 e. The van der Waals surface area contributed by atoms with Gasteiger partial charge >= 0.3 is 6.03 Å². The van der Waals surface area contributed by atoms with Crippen molar-refractivity contribution in [1.82, 2.24) is 19.9 Å². The van der Waals surface area contributed by atoms with Gasteiger partial charge in [0, 0.05) is 49.1 Å². The number of anilines is 2. The number of carbonyl (C=O) groups excluding carboxylic acids is 1. The Morgan fingerprint density at radius 3 is 2.72 bits per heavy atom. The topological polar surface area (TPSA) is 83.0 Å². The molecule has 0 aliphatic carbocycles. The molecule has 2 amide bonds. The van der Waals surface area contributed by atoms with Crippen LogP contribution in [0.25, 0.3) is 0 Å². The second-order valence-electron chi connectivity index (χ2n) is 6.73. The van der Waals surface area contributed by atoms with Crippen LogP contribution in [0.5, 0.6) is 0 Å². The van der Waals surface area contributed by atoms with Crippen molar-refractivity contribution < 1.29 is 4.79 Å². The van der Waals surface area contributed by atoms with E-state index in [9.17, 15) is 4.79 Å². The average molecular weight is 409 g/mol.